The maximum Gasteiger partial charge on any atom is 0.0725 e. The lowest BCUT2D eigenvalue weighted by Crippen LogP contribution is -2.57. The fraction of sp³-hybridized carbons (Fsp3) is 0.538. The van der Waals surface area contributed by atoms with Gasteiger partial charge >= 0.3 is 0 Å². The summed E-state index contributed by atoms with van der Waals surface area (Å²) < 4.78 is 0. The van der Waals surface area contributed by atoms with Crippen molar-refractivity contribution in [1.82, 2.24) is 0 Å². The molecule has 1 heteroatoms. The highest BCUT2D eigenvalue weighted by Crippen LogP contribution is 2.66. The van der Waals surface area contributed by atoms with Gasteiger partial charge in [0.15, 0.2) is 0 Å². The second kappa shape index (κ2) is 5.87. The first-order valence-corrected chi connectivity index (χ1v) is 11.0. The highest BCUT2D eigenvalue weighted by atomic mass is 15.1. The van der Waals surface area contributed by atoms with Crippen LogP contribution in [0.15, 0.2) is 48.5 Å². The molecule has 2 saturated carbocycles. The number of fused-ring (bicyclic) bond motifs is 1. The third kappa shape index (κ3) is 2.30. The van der Waals surface area contributed by atoms with Gasteiger partial charge in [0.2, 0.25) is 0 Å². The SMILES string of the molecule is CC(C)(C)c1ccc2c(c1)[C@]13CCCC[C@H]1CCC[C@@]3(c1ccccc1)N2. The minimum Gasteiger partial charge on any atom is -0.374 e. The van der Waals surface area contributed by atoms with Gasteiger partial charge in [-0.15, -0.1) is 0 Å². The summed E-state index contributed by atoms with van der Waals surface area (Å²) in [7, 11) is 0. The minimum absolute atomic E-state index is 0.0798. The Morgan fingerprint density at radius 1 is 0.889 bits per heavy atom. The topological polar surface area (TPSA) is 12.0 Å². The number of hydrogen-bond acceptors (Lipinski definition) is 1. The van der Waals surface area contributed by atoms with E-state index < -0.39 is 0 Å². The Morgan fingerprint density at radius 2 is 1.67 bits per heavy atom. The first-order valence-electron chi connectivity index (χ1n) is 11.0. The molecule has 27 heavy (non-hydrogen) atoms. The average molecular weight is 360 g/mol. The Morgan fingerprint density at radius 3 is 2.44 bits per heavy atom. The maximum absolute atomic E-state index is 4.13. The van der Waals surface area contributed by atoms with Crippen LogP contribution in [0.25, 0.3) is 0 Å². The third-order valence-electron chi connectivity index (χ3n) is 7.92. The molecule has 1 nitrogen and oxygen atoms in total. The molecule has 2 aromatic carbocycles. The van der Waals surface area contributed by atoms with E-state index in [2.05, 4.69) is 74.6 Å². The van der Waals surface area contributed by atoms with Gasteiger partial charge in [-0.25, -0.2) is 0 Å². The molecule has 1 N–H and O–H groups in total. The average Bonchev–Trinajstić information content (AvgIpc) is 2.97. The van der Waals surface area contributed by atoms with Gasteiger partial charge in [0, 0.05) is 11.1 Å². The van der Waals surface area contributed by atoms with Crippen LogP contribution in [0.1, 0.15) is 82.4 Å². The van der Waals surface area contributed by atoms with Gasteiger partial charge in [0.1, 0.15) is 0 Å². The summed E-state index contributed by atoms with van der Waals surface area (Å²) in [6.45, 7) is 7.04. The van der Waals surface area contributed by atoms with Crippen LogP contribution in [0, 0.1) is 5.92 Å². The van der Waals surface area contributed by atoms with E-state index in [1.54, 1.807) is 5.56 Å². The zero-order valence-corrected chi connectivity index (χ0v) is 17.1. The standard InChI is InChI=1S/C26H33N/c1-24(2,3)21-14-15-23-22(18-21)25-16-8-7-10-19(25)13-9-17-26(25,27-23)20-11-5-4-6-12-20/h4-6,11-12,14-15,18-19,27H,7-10,13,16-17H2,1-3H3/t19-,25-,26-/m0/s1. The largest absolute Gasteiger partial charge is 0.374 e. The second-order valence-electron chi connectivity index (χ2n) is 10.2. The van der Waals surface area contributed by atoms with Crippen molar-refractivity contribution < 1.29 is 0 Å². The highest BCUT2D eigenvalue weighted by Gasteiger charge is 2.63. The second-order valence-corrected chi connectivity index (χ2v) is 10.2. The van der Waals surface area contributed by atoms with Crippen LogP contribution in [0.2, 0.25) is 0 Å². The van der Waals surface area contributed by atoms with Gasteiger partial charge in [0.05, 0.1) is 5.54 Å². The summed E-state index contributed by atoms with van der Waals surface area (Å²) >= 11 is 0. The predicted octanol–water partition coefficient (Wildman–Crippen LogP) is 6.92. The fourth-order valence-electron chi connectivity index (χ4n) is 6.71. The lowest BCUT2D eigenvalue weighted by Gasteiger charge is -2.57. The Bertz CT molecular complexity index is 844. The minimum atomic E-state index is 0.0798. The summed E-state index contributed by atoms with van der Waals surface area (Å²) in [5.74, 6) is 0.809. The van der Waals surface area contributed by atoms with E-state index in [-0.39, 0.29) is 16.4 Å². The molecular formula is C26H33N. The van der Waals surface area contributed by atoms with Gasteiger partial charge in [-0.2, -0.15) is 0 Å². The Hall–Kier alpha value is -1.76. The summed E-state index contributed by atoms with van der Waals surface area (Å²) in [5, 5.41) is 4.13. The van der Waals surface area contributed by atoms with E-state index in [9.17, 15) is 0 Å². The molecule has 0 radical (unpaired) electrons. The maximum atomic E-state index is 4.13. The molecule has 1 heterocycles. The number of hydrogen-bond donors (Lipinski definition) is 1. The first kappa shape index (κ1) is 17.3. The van der Waals surface area contributed by atoms with Gasteiger partial charge in [0.25, 0.3) is 0 Å². The van der Waals surface area contributed by atoms with Crippen LogP contribution in [-0.4, -0.2) is 0 Å². The predicted molar refractivity (Wildman–Crippen MR) is 114 cm³/mol. The lowest BCUT2D eigenvalue weighted by atomic mass is 9.48. The van der Waals surface area contributed by atoms with Crippen LogP contribution < -0.4 is 5.32 Å². The van der Waals surface area contributed by atoms with E-state index in [1.165, 1.54) is 61.8 Å². The van der Waals surface area contributed by atoms with Crippen LogP contribution in [-0.2, 0) is 16.4 Å². The molecule has 2 aromatic rings. The fourth-order valence-corrected chi connectivity index (χ4v) is 6.71. The van der Waals surface area contributed by atoms with Crippen molar-refractivity contribution in [3.8, 4) is 0 Å². The molecule has 142 valence electrons. The molecule has 2 aliphatic carbocycles. The van der Waals surface area contributed by atoms with E-state index in [0.717, 1.165) is 5.92 Å². The van der Waals surface area contributed by atoms with Gasteiger partial charge < -0.3 is 5.32 Å². The summed E-state index contributed by atoms with van der Waals surface area (Å²) in [6.07, 6.45) is 9.50. The van der Waals surface area contributed by atoms with Crippen LogP contribution in [0.4, 0.5) is 5.69 Å². The Balaban J connectivity index is 1.77. The van der Waals surface area contributed by atoms with E-state index >= 15 is 0 Å². The molecule has 3 atom stereocenters. The number of benzene rings is 2. The first-order chi connectivity index (χ1) is 13.0. The molecule has 3 aliphatic rings. The van der Waals surface area contributed by atoms with Crippen LogP contribution in [0.5, 0.6) is 0 Å². The molecule has 0 aromatic heterocycles. The van der Waals surface area contributed by atoms with Gasteiger partial charge in [-0.3, -0.25) is 0 Å². The quantitative estimate of drug-likeness (QED) is 0.583. The van der Waals surface area contributed by atoms with Crippen molar-refractivity contribution in [1.29, 1.82) is 0 Å². The molecule has 1 spiro atoms. The number of anilines is 1. The molecular weight excluding hydrogens is 326 g/mol. The molecule has 0 saturated heterocycles. The zero-order valence-electron chi connectivity index (χ0n) is 17.1. The third-order valence-corrected chi connectivity index (χ3v) is 7.92. The van der Waals surface area contributed by atoms with Gasteiger partial charge in [-0.1, -0.05) is 82.5 Å². The molecule has 2 fully saturated rings. The van der Waals surface area contributed by atoms with Crippen LogP contribution in [0.3, 0.4) is 0 Å². The van der Waals surface area contributed by atoms with Gasteiger partial charge in [-0.05, 0) is 59.8 Å². The number of rotatable bonds is 1. The summed E-state index contributed by atoms with van der Waals surface area (Å²) in [4.78, 5) is 0. The monoisotopic (exact) mass is 359 g/mol. The molecule has 1 aliphatic heterocycles. The van der Waals surface area contributed by atoms with E-state index in [0.29, 0.717) is 0 Å². The molecule has 5 rings (SSSR count). The normalized spacial score (nSPS) is 32.2. The smallest absolute Gasteiger partial charge is 0.0725 e. The summed E-state index contributed by atoms with van der Waals surface area (Å²) in [5.41, 5.74) is 6.56. The lowest BCUT2D eigenvalue weighted by molar-refractivity contribution is 0.0564. The van der Waals surface area contributed by atoms with Crippen molar-refractivity contribution in [3.05, 3.63) is 65.2 Å². The van der Waals surface area contributed by atoms with Crippen molar-refractivity contribution >= 4 is 5.69 Å². The highest BCUT2D eigenvalue weighted by molar-refractivity contribution is 5.68. The van der Waals surface area contributed by atoms with E-state index in [4.69, 9.17) is 0 Å². The van der Waals surface area contributed by atoms with Crippen molar-refractivity contribution in [3.63, 3.8) is 0 Å². The van der Waals surface area contributed by atoms with Crippen LogP contribution >= 0.6 is 0 Å². The molecule has 0 unspecified atom stereocenters. The van der Waals surface area contributed by atoms with E-state index in [1.807, 2.05) is 0 Å². The molecule has 0 bridgehead atoms. The number of nitrogens with one attached hydrogen (secondary N) is 1. The van der Waals surface area contributed by atoms with Crippen molar-refractivity contribution in [2.24, 2.45) is 5.92 Å². The summed E-state index contributed by atoms with van der Waals surface area (Å²) in [6, 6.07) is 18.7. The Labute approximate surface area is 164 Å². The zero-order chi connectivity index (χ0) is 18.7. The van der Waals surface area contributed by atoms with Crippen molar-refractivity contribution in [2.75, 3.05) is 5.32 Å². The molecule has 0 amide bonds. The Kier molecular flexibility index (Phi) is 3.77. The van der Waals surface area contributed by atoms with Crippen molar-refractivity contribution in [2.45, 2.75) is 82.1 Å².